The van der Waals surface area contributed by atoms with Crippen molar-refractivity contribution < 1.29 is 13.2 Å². The summed E-state index contributed by atoms with van der Waals surface area (Å²) in [5, 5.41) is 5.90. The smallest absolute Gasteiger partial charge is 0.259 e. The molecular weight excluding hydrogens is 349 g/mol. The largest absolute Gasteiger partial charge is 0.417 e. The average Bonchev–Trinajstić information content (AvgIpc) is 3.24. The molecule has 0 aliphatic carbocycles. The SMILES string of the molecule is FC(F)(F)c1cc(-c2cccs2)nc2c1cnn2Cc1ccccn1. The molecule has 4 nitrogen and oxygen atoms in total. The molecule has 4 aromatic rings. The number of hydrogen-bond donors (Lipinski definition) is 0. The van der Waals surface area contributed by atoms with Crippen LogP contribution in [0.4, 0.5) is 13.2 Å². The molecule has 0 atom stereocenters. The number of hydrogen-bond acceptors (Lipinski definition) is 4. The maximum atomic E-state index is 13.5. The van der Waals surface area contributed by atoms with E-state index in [4.69, 9.17) is 0 Å². The number of halogens is 3. The third kappa shape index (κ3) is 3.00. The molecule has 0 aliphatic heterocycles. The lowest BCUT2D eigenvalue weighted by atomic mass is 10.1. The van der Waals surface area contributed by atoms with Gasteiger partial charge in [-0.3, -0.25) is 4.98 Å². The highest BCUT2D eigenvalue weighted by molar-refractivity contribution is 7.13. The Morgan fingerprint density at radius 2 is 2.00 bits per heavy atom. The highest BCUT2D eigenvalue weighted by Crippen LogP contribution is 2.37. The van der Waals surface area contributed by atoms with E-state index < -0.39 is 11.7 Å². The molecule has 0 aliphatic rings. The molecule has 4 rings (SSSR count). The van der Waals surface area contributed by atoms with Crippen LogP contribution in [0.25, 0.3) is 21.6 Å². The molecule has 4 heterocycles. The van der Waals surface area contributed by atoms with Crippen LogP contribution in [-0.2, 0) is 12.7 Å². The van der Waals surface area contributed by atoms with Gasteiger partial charge in [-0.25, -0.2) is 9.67 Å². The second kappa shape index (κ2) is 5.96. The van der Waals surface area contributed by atoms with Gasteiger partial charge in [0.2, 0.25) is 0 Å². The van der Waals surface area contributed by atoms with E-state index in [9.17, 15) is 13.2 Å². The molecule has 8 heteroatoms. The van der Waals surface area contributed by atoms with Crippen molar-refractivity contribution in [1.82, 2.24) is 19.7 Å². The van der Waals surface area contributed by atoms with E-state index in [0.717, 1.165) is 6.07 Å². The fourth-order valence-corrected chi connectivity index (χ4v) is 3.28. The van der Waals surface area contributed by atoms with Crippen LogP contribution in [0.3, 0.4) is 0 Å². The summed E-state index contributed by atoms with van der Waals surface area (Å²) >= 11 is 1.34. The third-order valence-corrected chi connectivity index (χ3v) is 4.62. The summed E-state index contributed by atoms with van der Waals surface area (Å²) in [6.07, 6.45) is -1.63. The van der Waals surface area contributed by atoms with Crippen molar-refractivity contribution in [2.24, 2.45) is 0 Å². The number of nitrogens with zero attached hydrogens (tertiary/aromatic N) is 4. The Kier molecular flexibility index (Phi) is 3.76. The summed E-state index contributed by atoms with van der Waals surface area (Å²) in [5.74, 6) is 0. The van der Waals surface area contributed by atoms with Gasteiger partial charge in [-0.2, -0.15) is 18.3 Å². The van der Waals surface area contributed by atoms with Crippen LogP contribution in [0.2, 0.25) is 0 Å². The number of fused-ring (bicyclic) bond motifs is 1. The van der Waals surface area contributed by atoms with Crippen molar-refractivity contribution in [3.63, 3.8) is 0 Å². The van der Waals surface area contributed by atoms with Gasteiger partial charge in [-0.1, -0.05) is 12.1 Å². The van der Waals surface area contributed by atoms with Crippen molar-refractivity contribution in [3.05, 3.63) is 65.4 Å². The summed E-state index contributed by atoms with van der Waals surface area (Å²) in [7, 11) is 0. The molecule has 25 heavy (non-hydrogen) atoms. The van der Waals surface area contributed by atoms with E-state index in [-0.39, 0.29) is 23.3 Å². The van der Waals surface area contributed by atoms with E-state index in [1.807, 2.05) is 6.07 Å². The quantitative estimate of drug-likeness (QED) is 0.535. The lowest BCUT2D eigenvalue weighted by molar-refractivity contribution is -0.136. The molecule has 126 valence electrons. The van der Waals surface area contributed by atoms with E-state index in [2.05, 4.69) is 15.1 Å². The molecule has 0 saturated heterocycles. The molecule has 0 aromatic carbocycles. The van der Waals surface area contributed by atoms with E-state index >= 15 is 0 Å². The lowest BCUT2D eigenvalue weighted by Crippen LogP contribution is -2.08. The number of rotatable bonds is 3. The predicted octanol–water partition coefficient (Wildman–Crippen LogP) is 4.62. The van der Waals surface area contributed by atoms with Gasteiger partial charge in [0.05, 0.1) is 40.0 Å². The van der Waals surface area contributed by atoms with Gasteiger partial charge in [0.15, 0.2) is 5.65 Å². The fraction of sp³-hybridized carbons (Fsp3) is 0.118. The maximum Gasteiger partial charge on any atom is 0.417 e. The molecule has 0 unspecified atom stereocenters. The summed E-state index contributed by atoms with van der Waals surface area (Å²) in [4.78, 5) is 9.30. The van der Waals surface area contributed by atoms with Crippen molar-refractivity contribution in [3.8, 4) is 10.6 Å². The van der Waals surface area contributed by atoms with Crippen molar-refractivity contribution in [1.29, 1.82) is 0 Å². The third-order valence-electron chi connectivity index (χ3n) is 3.73. The number of pyridine rings is 2. The highest BCUT2D eigenvalue weighted by Gasteiger charge is 2.34. The van der Waals surface area contributed by atoms with Crippen LogP contribution in [0.1, 0.15) is 11.3 Å². The Hall–Kier alpha value is -2.74. The van der Waals surface area contributed by atoms with Gasteiger partial charge in [-0.05, 0) is 29.6 Å². The minimum absolute atomic E-state index is 0.0104. The topological polar surface area (TPSA) is 43.6 Å². The van der Waals surface area contributed by atoms with Gasteiger partial charge in [-0.15, -0.1) is 11.3 Å². The first-order valence-corrected chi connectivity index (χ1v) is 8.28. The van der Waals surface area contributed by atoms with Crippen LogP contribution in [0.15, 0.2) is 54.2 Å². The Labute approximate surface area is 144 Å². The van der Waals surface area contributed by atoms with E-state index in [1.165, 1.54) is 22.2 Å². The van der Waals surface area contributed by atoms with Gasteiger partial charge in [0.1, 0.15) is 0 Å². The zero-order valence-electron chi connectivity index (χ0n) is 12.7. The zero-order chi connectivity index (χ0) is 17.4. The van der Waals surface area contributed by atoms with Gasteiger partial charge in [0, 0.05) is 6.20 Å². The van der Waals surface area contributed by atoms with Crippen LogP contribution in [0, 0.1) is 0 Å². The number of aromatic nitrogens is 4. The Morgan fingerprint density at radius 3 is 2.68 bits per heavy atom. The minimum atomic E-state index is -4.48. The Balaban J connectivity index is 1.90. The maximum absolute atomic E-state index is 13.5. The first-order chi connectivity index (χ1) is 12.0. The molecule has 0 N–H and O–H groups in total. The molecule has 0 saturated carbocycles. The zero-order valence-corrected chi connectivity index (χ0v) is 13.6. The van der Waals surface area contributed by atoms with Crippen LogP contribution < -0.4 is 0 Å². The molecule has 0 bridgehead atoms. The number of alkyl halides is 3. The molecule has 4 aromatic heterocycles. The van der Waals surface area contributed by atoms with Crippen molar-refractivity contribution in [2.75, 3.05) is 0 Å². The summed E-state index contributed by atoms with van der Waals surface area (Å²) in [6.45, 7) is 0.253. The highest BCUT2D eigenvalue weighted by atomic mass is 32.1. The molecule has 0 fully saturated rings. The molecule has 0 radical (unpaired) electrons. The fourth-order valence-electron chi connectivity index (χ4n) is 2.59. The summed E-state index contributed by atoms with van der Waals surface area (Å²) < 4.78 is 42.0. The number of thiophene rings is 1. The van der Waals surface area contributed by atoms with E-state index in [0.29, 0.717) is 10.6 Å². The Bertz CT molecular complexity index is 1010. The van der Waals surface area contributed by atoms with Crippen LogP contribution in [-0.4, -0.2) is 19.7 Å². The predicted molar refractivity (Wildman–Crippen MR) is 89.2 cm³/mol. The standard InChI is InChI=1S/C17H11F3N4S/c18-17(19,20)13-8-14(15-5-3-7-25-15)23-16-12(13)9-22-24(16)10-11-4-1-2-6-21-11/h1-9H,10H2. The monoisotopic (exact) mass is 360 g/mol. The van der Waals surface area contributed by atoms with Gasteiger partial charge in [0.25, 0.3) is 0 Å². The van der Waals surface area contributed by atoms with Gasteiger partial charge < -0.3 is 0 Å². The van der Waals surface area contributed by atoms with E-state index in [1.54, 1.807) is 35.8 Å². The summed E-state index contributed by atoms with van der Waals surface area (Å²) in [6, 6.07) is 10.0. The minimum Gasteiger partial charge on any atom is -0.259 e. The van der Waals surface area contributed by atoms with Crippen molar-refractivity contribution >= 4 is 22.4 Å². The van der Waals surface area contributed by atoms with Crippen LogP contribution in [0.5, 0.6) is 0 Å². The molecule has 0 amide bonds. The normalized spacial score (nSPS) is 12.0. The second-order valence-electron chi connectivity index (χ2n) is 5.39. The first-order valence-electron chi connectivity index (χ1n) is 7.40. The molecule has 0 spiro atoms. The van der Waals surface area contributed by atoms with Crippen LogP contribution >= 0.6 is 11.3 Å². The first kappa shape index (κ1) is 15.8. The summed E-state index contributed by atoms with van der Waals surface area (Å²) in [5.41, 5.74) is 0.457. The molecular formula is C17H11F3N4S. The lowest BCUT2D eigenvalue weighted by Gasteiger charge is -2.10. The average molecular weight is 360 g/mol. The van der Waals surface area contributed by atoms with Gasteiger partial charge >= 0.3 is 6.18 Å². The van der Waals surface area contributed by atoms with Crippen molar-refractivity contribution in [2.45, 2.75) is 12.7 Å². The second-order valence-corrected chi connectivity index (χ2v) is 6.34. The Morgan fingerprint density at radius 1 is 1.12 bits per heavy atom.